The maximum atomic E-state index is 5.98. The van der Waals surface area contributed by atoms with E-state index in [0.29, 0.717) is 12.5 Å². The molecule has 0 fully saturated rings. The summed E-state index contributed by atoms with van der Waals surface area (Å²) in [5, 5.41) is 4.16. The Morgan fingerprint density at radius 2 is 2.17 bits per heavy atom. The van der Waals surface area contributed by atoms with Crippen LogP contribution in [0.3, 0.4) is 0 Å². The maximum absolute atomic E-state index is 5.98. The minimum absolute atomic E-state index is 0.518. The second kappa shape index (κ2) is 4.13. The minimum Gasteiger partial charge on any atom is -0.369 e. The van der Waals surface area contributed by atoms with E-state index in [9.17, 15) is 0 Å². The lowest BCUT2D eigenvalue weighted by Crippen LogP contribution is -2.08. The van der Waals surface area contributed by atoms with E-state index >= 15 is 0 Å². The van der Waals surface area contributed by atoms with E-state index in [1.54, 1.807) is 6.20 Å². The number of aryl methyl sites for hydroxylation is 1. The van der Waals surface area contributed by atoms with E-state index in [1.807, 2.05) is 40.6 Å². The first-order valence-electron chi connectivity index (χ1n) is 5.53. The average molecular weight is 306 g/mol. The summed E-state index contributed by atoms with van der Waals surface area (Å²) in [6.45, 7) is 0.662. The number of nitrogen functional groups attached to an aromatic ring is 1. The van der Waals surface area contributed by atoms with Crippen LogP contribution in [0, 0.1) is 0 Å². The van der Waals surface area contributed by atoms with Crippen LogP contribution in [0.25, 0.3) is 11.0 Å². The molecule has 0 aliphatic carbocycles. The smallest absolute Gasteiger partial charge is 0.201 e. The summed E-state index contributed by atoms with van der Waals surface area (Å²) >= 11 is 3.47. The molecule has 0 spiro atoms. The van der Waals surface area contributed by atoms with Crippen LogP contribution in [0.2, 0.25) is 0 Å². The largest absolute Gasteiger partial charge is 0.369 e. The summed E-state index contributed by atoms with van der Waals surface area (Å²) in [5.74, 6) is 0.518. The Morgan fingerprint density at radius 3 is 2.89 bits per heavy atom. The molecule has 3 rings (SSSR count). The van der Waals surface area contributed by atoms with Gasteiger partial charge in [0.15, 0.2) is 0 Å². The molecule has 18 heavy (non-hydrogen) atoms. The SMILES string of the molecule is Cn1nccc1Cn1c(N)nc2ccc(Br)cc21. The van der Waals surface area contributed by atoms with Crippen LogP contribution in [0.1, 0.15) is 5.69 Å². The summed E-state index contributed by atoms with van der Waals surface area (Å²) in [7, 11) is 1.92. The van der Waals surface area contributed by atoms with Crippen LogP contribution in [0.4, 0.5) is 5.95 Å². The standard InChI is InChI=1S/C12H12BrN5/c1-17-9(4-5-15-17)7-18-11-6-8(13)2-3-10(11)16-12(18)14/h2-6H,7H2,1H3,(H2,14,16). The van der Waals surface area contributed by atoms with Gasteiger partial charge in [0.25, 0.3) is 0 Å². The van der Waals surface area contributed by atoms with Crippen LogP contribution < -0.4 is 5.73 Å². The Hall–Kier alpha value is -1.82. The van der Waals surface area contributed by atoms with Crippen molar-refractivity contribution in [1.82, 2.24) is 19.3 Å². The van der Waals surface area contributed by atoms with Gasteiger partial charge in [0, 0.05) is 17.7 Å². The van der Waals surface area contributed by atoms with Gasteiger partial charge in [-0.05, 0) is 24.3 Å². The highest BCUT2D eigenvalue weighted by atomic mass is 79.9. The molecule has 0 aliphatic rings. The van der Waals surface area contributed by atoms with Crippen LogP contribution in [-0.4, -0.2) is 19.3 Å². The molecule has 3 aromatic rings. The molecular weight excluding hydrogens is 294 g/mol. The first-order chi connectivity index (χ1) is 8.65. The van der Waals surface area contributed by atoms with E-state index in [2.05, 4.69) is 26.0 Å². The molecule has 2 heterocycles. The molecule has 6 heteroatoms. The number of rotatable bonds is 2. The van der Waals surface area contributed by atoms with Gasteiger partial charge in [0.1, 0.15) is 0 Å². The second-order valence-corrected chi connectivity index (χ2v) is 5.05. The number of aromatic nitrogens is 4. The van der Waals surface area contributed by atoms with Gasteiger partial charge in [-0.1, -0.05) is 15.9 Å². The van der Waals surface area contributed by atoms with E-state index in [4.69, 9.17) is 5.73 Å². The summed E-state index contributed by atoms with van der Waals surface area (Å²) < 4.78 is 4.83. The van der Waals surface area contributed by atoms with Gasteiger partial charge in [-0.25, -0.2) is 4.98 Å². The lowest BCUT2D eigenvalue weighted by Gasteiger charge is -2.06. The molecule has 92 valence electrons. The maximum Gasteiger partial charge on any atom is 0.201 e. The topological polar surface area (TPSA) is 61.7 Å². The van der Waals surface area contributed by atoms with Crippen LogP contribution in [-0.2, 0) is 13.6 Å². The Balaban J connectivity index is 2.13. The van der Waals surface area contributed by atoms with Crippen molar-refractivity contribution in [3.63, 3.8) is 0 Å². The summed E-state index contributed by atoms with van der Waals surface area (Å²) in [6.07, 6.45) is 1.78. The highest BCUT2D eigenvalue weighted by Crippen LogP contribution is 2.23. The van der Waals surface area contributed by atoms with Crippen molar-refractivity contribution in [1.29, 1.82) is 0 Å². The normalized spacial score (nSPS) is 11.2. The van der Waals surface area contributed by atoms with Gasteiger partial charge in [-0.15, -0.1) is 0 Å². The third-order valence-corrected chi connectivity index (χ3v) is 3.48. The van der Waals surface area contributed by atoms with Gasteiger partial charge in [-0.2, -0.15) is 5.10 Å². The number of benzene rings is 1. The van der Waals surface area contributed by atoms with Crippen LogP contribution in [0.15, 0.2) is 34.9 Å². The van der Waals surface area contributed by atoms with Crippen molar-refractivity contribution in [3.05, 3.63) is 40.6 Å². The zero-order valence-electron chi connectivity index (χ0n) is 9.84. The van der Waals surface area contributed by atoms with E-state index in [-0.39, 0.29) is 0 Å². The van der Waals surface area contributed by atoms with E-state index in [0.717, 1.165) is 21.2 Å². The number of nitrogens with two attached hydrogens (primary N) is 1. The monoisotopic (exact) mass is 305 g/mol. The van der Waals surface area contributed by atoms with Crippen molar-refractivity contribution in [3.8, 4) is 0 Å². The molecule has 0 amide bonds. The Labute approximate surface area is 112 Å². The molecular formula is C12H12BrN5. The Morgan fingerprint density at radius 1 is 1.33 bits per heavy atom. The number of hydrogen-bond donors (Lipinski definition) is 1. The molecule has 0 radical (unpaired) electrons. The van der Waals surface area contributed by atoms with Gasteiger partial charge >= 0.3 is 0 Å². The van der Waals surface area contributed by atoms with Gasteiger partial charge in [0.2, 0.25) is 5.95 Å². The fraction of sp³-hybridized carbons (Fsp3) is 0.167. The number of halogens is 1. The fourth-order valence-electron chi connectivity index (χ4n) is 2.00. The summed E-state index contributed by atoms with van der Waals surface area (Å²) in [6, 6.07) is 7.91. The molecule has 0 atom stereocenters. The second-order valence-electron chi connectivity index (χ2n) is 4.14. The minimum atomic E-state index is 0.518. The van der Waals surface area contributed by atoms with Gasteiger partial charge in [-0.3, -0.25) is 4.68 Å². The third-order valence-electron chi connectivity index (χ3n) is 2.98. The molecule has 2 N–H and O–H groups in total. The van der Waals surface area contributed by atoms with Gasteiger partial charge < -0.3 is 10.3 Å². The number of fused-ring (bicyclic) bond motifs is 1. The lowest BCUT2D eigenvalue weighted by atomic mass is 10.3. The highest BCUT2D eigenvalue weighted by Gasteiger charge is 2.10. The summed E-state index contributed by atoms with van der Waals surface area (Å²) in [5.41, 5.74) is 8.98. The molecule has 1 aromatic carbocycles. The molecule has 5 nitrogen and oxygen atoms in total. The zero-order valence-corrected chi connectivity index (χ0v) is 11.4. The van der Waals surface area contributed by atoms with Crippen LogP contribution >= 0.6 is 15.9 Å². The van der Waals surface area contributed by atoms with Crippen molar-refractivity contribution >= 4 is 32.9 Å². The lowest BCUT2D eigenvalue weighted by molar-refractivity contribution is 0.678. The molecule has 2 aromatic heterocycles. The van der Waals surface area contributed by atoms with Crippen molar-refractivity contribution < 1.29 is 0 Å². The highest BCUT2D eigenvalue weighted by molar-refractivity contribution is 9.10. The quantitative estimate of drug-likeness (QED) is 0.789. The molecule has 0 saturated heterocycles. The number of anilines is 1. The first-order valence-corrected chi connectivity index (χ1v) is 6.32. The van der Waals surface area contributed by atoms with Crippen molar-refractivity contribution in [2.45, 2.75) is 6.54 Å². The predicted molar refractivity (Wildman–Crippen MR) is 74.2 cm³/mol. The predicted octanol–water partition coefficient (Wildman–Crippen LogP) is 2.16. The summed E-state index contributed by atoms with van der Waals surface area (Å²) in [4.78, 5) is 4.35. The first kappa shape index (κ1) is 11.3. The zero-order chi connectivity index (χ0) is 12.7. The Kier molecular flexibility index (Phi) is 2.59. The molecule has 0 saturated carbocycles. The Bertz CT molecular complexity index is 712. The fourth-order valence-corrected chi connectivity index (χ4v) is 2.35. The molecule has 0 aliphatic heterocycles. The number of hydrogen-bond acceptors (Lipinski definition) is 3. The molecule has 0 unspecified atom stereocenters. The van der Waals surface area contributed by atoms with E-state index in [1.165, 1.54) is 0 Å². The van der Waals surface area contributed by atoms with Crippen LogP contribution in [0.5, 0.6) is 0 Å². The van der Waals surface area contributed by atoms with Crippen molar-refractivity contribution in [2.75, 3.05) is 5.73 Å². The average Bonchev–Trinajstić information content (AvgIpc) is 2.86. The molecule has 0 bridgehead atoms. The van der Waals surface area contributed by atoms with E-state index < -0.39 is 0 Å². The number of nitrogens with zero attached hydrogens (tertiary/aromatic N) is 4. The van der Waals surface area contributed by atoms with Crippen molar-refractivity contribution in [2.24, 2.45) is 7.05 Å². The third kappa shape index (κ3) is 1.78. The van der Waals surface area contributed by atoms with Gasteiger partial charge in [0.05, 0.1) is 23.3 Å². The number of imidazole rings is 1.